The van der Waals surface area contributed by atoms with Crippen molar-refractivity contribution in [3.05, 3.63) is 24.0 Å². The lowest BCUT2D eigenvalue weighted by Gasteiger charge is -2.16. The van der Waals surface area contributed by atoms with Crippen molar-refractivity contribution in [2.24, 2.45) is 0 Å². The Balaban J connectivity index is 2.81. The molecule has 1 heterocycles. The Morgan fingerprint density at radius 3 is 2.17 bits per heavy atom. The third-order valence-corrected chi connectivity index (χ3v) is 5.24. The maximum Gasteiger partial charge on any atom is 0.450 e. The van der Waals surface area contributed by atoms with E-state index in [1.807, 2.05) is 0 Å². The van der Waals surface area contributed by atoms with Crippen LogP contribution in [0.4, 0.5) is 26.3 Å². The summed E-state index contributed by atoms with van der Waals surface area (Å²) >= 11 is -0.571. The summed E-state index contributed by atoms with van der Waals surface area (Å²) in [5, 5.41) is 0. The van der Waals surface area contributed by atoms with Gasteiger partial charge < -0.3 is 0 Å². The molecule has 0 aliphatic carbocycles. The summed E-state index contributed by atoms with van der Waals surface area (Å²) in [4.78, 5) is 2.75. The van der Waals surface area contributed by atoms with Crippen LogP contribution in [0.25, 0.3) is 11.0 Å². The highest BCUT2D eigenvalue weighted by atomic mass is 32.2. The molecule has 0 radical (unpaired) electrons. The van der Waals surface area contributed by atoms with Gasteiger partial charge in [-0.3, -0.25) is 0 Å². The highest BCUT2D eigenvalue weighted by Crippen LogP contribution is 2.39. The fraction of sp³-hybridized carbons (Fsp3) is 0.364. The molecule has 24 heavy (non-hydrogen) atoms. The van der Waals surface area contributed by atoms with Gasteiger partial charge in [-0.15, -0.1) is 0 Å². The van der Waals surface area contributed by atoms with Gasteiger partial charge in [-0.2, -0.15) is 39.1 Å². The maximum absolute atomic E-state index is 13.1. The second-order valence-electron chi connectivity index (χ2n) is 4.69. The van der Waals surface area contributed by atoms with E-state index in [9.17, 15) is 34.8 Å². The van der Waals surface area contributed by atoms with E-state index in [2.05, 4.69) is 4.98 Å². The van der Waals surface area contributed by atoms with Gasteiger partial charge in [-0.05, 0) is 30.0 Å². The van der Waals surface area contributed by atoms with Crippen LogP contribution in [-0.2, 0) is 16.4 Å². The summed E-state index contributed by atoms with van der Waals surface area (Å²) in [5.41, 5.74) is -5.66. The average Bonchev–Trinajstić information content (AvgIpc) is 2.75. The zero-order chi connectivity index (χ0) is 18.5. The number of alkyl halides is 6. The smallest absolute Gasteiger partial charge is 0.223 e. The number of fused-ring (bicyclic) bond motifs is 1. The van der Waals surface area contributed by atoms with E-state index < -0.39 is 49.9 Å². The van der Waals surface area contributed by atoms with Gasteiger partial charge >= 0.3 is 21.9 Å². The zero-order valence-corrected chi connectivity index (χ0v) is 13.6. The Kier molecular flexibility index (Phi) is 4.56. The standard InChI is InChI=1S/C11H9F6N3O2S2/c1-19(2)24(21,22)20-8-5-6(23-11(15,16)17)3-4-7(8)18-9(20)10(12,13)14/h3-5H,1-2H3. The van der Waals surface area contributed by atoms with Gasteiger partial charge in [0.2, 0.25) is 5.82 Å². The third-order valence-electron chi connectivity index (χ3n) is 2.76. The van der Waals surface area contributed by atoms with E-state index in [0.717, 1.165) is 26.2 Å². The third kappa shape index (κ3) is 3.62. The second-order valence-corrected chi connectivity index (χ2v) is 7.82. The highest BCUT2D eigenvalue weighted by Gasteiger charge is 2.41. The van der Waals surface area contributed by atoms with Gasteiger partial charge in [0.1, 0.15) is 0 Å². The number of halogens is 6. The number of nitrogens with zero attached hydrogens (tertiary/aromatic N) is 3. The summed E-state index contributed by atoms with van der Waals surface area (Å²) in [6.07, 6.45) is -5.11. The van der Waals surface area contributed by atoms with Crippen molar-refractivity contribution < 1.29 is 34.8 Å². The van der Waals surface area contributed by atoms with E-state index in [-0.39, 0.29) is 9.49 Å². The first-order valence-corrected chi connectivity index (χ1v) is 8.23. The van der Waals surface area contributed by atoms with Crippen LogP contribution in [0, 0.1) is 0 Å². The molecule has 2 rings (SSSR count). The number of hydrogen-bond donors (Lipinski definition) is 0. The number of rotatable bonds is 3. The fourth-order valence-electron chi connectivity index (χ4n) is 1.81. The predicted molar refractivity (Wildman–Crippen MR) is 74.7 cm³/mol. The predicted octanol–water partition coefficient (Wildman–Crippen LogP) is 3.32. The lowest BCUT2D eigenvalue weighted by atomic mass is 10.3. The molecular formula is C11H9F6N3O2S2. The van der Waals surface area contributed by atoms with E-state index >= 15 is 0 Å². The molecule has 0 aliphatic rings. The lowest BCUT2D eigenvalue weighted by Crippen LogP contribution is -2.32. The first-order chi connectivity index (χ1) is 10.7. The van der Waals surface area contributed by atoms with Crippen molar-refractivity contribution >= 4 is 33.0 Å². The molecule has 13 heteroatoms. The van der Waals surface area contributed by atoms with Crippen LogP contribution >= 0.6 is 11.8 Å². The number of hydrogen-bond acceptors (Lipinski definition) is 4. The SMILES string of the molecule is CN(C)S(=O)(=O)n1c(C(F)(F)F)nc2ccc(SC(F)(F)F)cc21. The molecule has 0 N–H and O–H groups in total. The summed E-state index contributed by atoms with van der Waals surface area (Å²) in [6, 6.07) is 2.53. The molecule has 0 atom stereocenters. The molecule has 0 spiro atoms. The van der Waals surface area contributed by atoms with Crippen molar-refractivity contribution in [2.75, 3.05) is 14.1 Å². The molecule has 2 aromatic rings. The Labute approximate surface area is 136 Å². The molecule has 134 valence electrons. The summed E-state index contributed by atoms with van der Waals surface area (Å²) < 4.78 is 101. The fourth-order valence-corrected chi connectivity index (χ4v) is 3.46. The average molecular weight is 393 g/mol. The van der Waals surface area contributed by atoms with Crippen LogP contribution in [0.3, 0.4) is 0 Å². The lowest BCUT2D eigenvalue weighted by molar-refractivity contribution is -0.145. The Bertz CT molecular complexity index is 870. The minimum absolute atomic E-state index is 0.108. The Morgan fingerprint density at radius 2 is 1.71 bits per heavy atom. The number of benzene rings is 1. The topological polar surface area (TPSA) is 55.2 Å². The number of thioether (sulfide) groups is 1. The van der Waals surface area contributed by atoms with Crippen LogP contribution in [0.1, 0.15) is 5.82 Å². The number of aromatic nitrogens is 2. The summed E-state index contributed by atoms with van der Waals surface area (Å²) in [5.74, 6) is -1.74. The van der Waals surface area contributed by atoms with Crippen LogP contribution in [-0.4, -0.2) is 41.3 Å². The molecule has 0 bridgehead atoms. The van der Waals surface area contributed by atoms with E-state index in [4.69, 9.17) is 0 Å². The minimum atomic E-state index is -5.11. The van der Waals surface area contributed by atoms with Gasteiger partial charge in [-0.25, -0.2) is 8.96 Å². The maximum atomic E-state index is 13.1. The Hall–Kier alpha value is -1.47. The molecule has 0 aliphatic heterocycles. The van der Waals surface area contributed by atoms with Crippen molar-refractivity contribution in [1.82, 2.24) is 13.3 Å². The highest BCUT2D eigenvalue weighted by molar-refractivity contribution is 8.00. The van der Waals surface area contributed by atoms with Crippen molar-refractivity contribution in [1.29, 1.82) is 0 Å². The molecule has 0 saturated carbocycles. The van der Waals surface area contributed by atoms with Crippen molar-refractivity contribution in [3.8, 4) is 0 Å². The second kappa shape index (κ2) is 5.81. The summed E-state index contributed by atoms with van der Waals surface area (Å²) in [7, 11) is -2.67. The van der Waals surface area contributed by atoms with Gasteiger partial charge in [-0.1, -0.05) is 0 Å². The van der Waals surface area contributed by atoms with Gasteiger partial charge in [0, 0.05) is 19.0 Å². The zero-order valence-electron chi connectivity index (χ0n) is 12.0. The van der Waals surface area contributed by atoms with E-state index in [0.29, 0.717) is 10.4 Å². The number of imidazole rings is 1. The molecule has 0 unspecified atom stereocenters. The van der Waals surface area contributed by atoms with Crippen LogP contribution in [0.15, 0.2) is 23.1 Å². The van der Waals surface area contributed by atoms with E-state index in [1.165, 1.54) is 0 Å². The first-order valence-electron chi connectivity index (χ1n) is 6.02. The van der Waals surface area contributed by atoms with Crippen LogP contribution in [0.5, 0.6) is 0 Å². The molecule has 1 aromatic carbocycles. The van der Waals surface area contributed by atoms with Gasteiger partial charge in [0.15, 0.2) is 0 Å². The normalized spacial score (nSPS) is 13.9. The molecular weight excluding hydrogens is 384 g/mol. The molecule has 0 saturated heterocycles. The largest absolute Gasteiger partial charge is 0.450 e. The summed E-state index contributed by atoms with van der Waals surface area (Å²) in [6.45, 7) is 0. The quantitative estimate of drug-likeness (QED) is 0.593. The van der Waals surface area contributed by atoms with Crippen LogP contribution in [0.2, 0.25) is 0 Å². The monoisotopic (exact) mass is 393 g/mol. The molecule has 0 amide bonds. The van der Waals surface area contributed by atoms with Gasteiger partial charge in [0.25, 0.3) is 0 Å². The molecule has 0 fully saturated rings. The van der Waals surface area contributed by atoms with Crippen molar-refractivity contribution in [3.63, 3.8) is 0 Å². The first kappa shape index (κ1) is 18.9. The molecule has 1 aromatic heterocycles. The Morgan fingerprint density at radius 1 is 1.12 bits per heavy atom. The molecule has 5 nitrogen and oxygen atoms in total. The van der Waals surface area contributed by atoms with Crippen molar-refractivity contribution in [2.45, 2.75) is 16.6 Å². The van der Waals surface area contributed by atoms with Crippen LogP contribution < -0.4 is 0 Å². The van der Waals surface area contributed by atoms with E-state index in [1.54, 1.807) is 0 Å². The van der Waals surface area contributed by atoms with Gasteiger partial charge in [0.05, 0.1) is 11.0 Å². The minimum Gasteiger partial charge on any atom is -0.223 e.